The van der Waals surface area contributed by atoms with Gasteiger partial charge in [-0.05, 0) is 43.3 Å². The zero-order valence-electron chi connectivity index (χ0n) is 21.9. The van der Waals surface area contributed by atoms with Crippen LogP contribution in [0.5, 0.6) is 11.5 Å². The Kier molecular flexibility index (Phi) is 8.34. The van der Waals surface area contributed by atoms with Gasteiger partial charge < -0.3 is 14.2 Å². The van der Waals surface area contributed by atoms with Gasteiger partial charge in [0, 0.05) is 17.0 Å². The predicted molar refractivity (Wildman–Crippen MR) is 152 cm³/mol. The van der Waals surface area contributed by atoms with Gasteiger partial charge in [-0.3, -0.25) is 10.1 Å². The van der Waals surface area contributed by atoms with Gasteiger partial charge in [0.05, 0.1) is 53.5 Å². The van der Waals surface area contributed by atoms with E-state index in [9.17, 15) is 23.3 Å². The first-order valence-electron chi connectivity index (χ1n) is 12.1. The van der Waals surface area contributed by atoms with Crippen LogP contribution in [0, 0.1) is 10.1 Å². The van der Waals surface area contributed by atoms with Crippen LogP contribution in [0.4, 0.5) is 5.69 Å². The summed E-state index contributed by atoms with van der Waals surface area (Å²) in [7, 11) is -1.33. The van der Waals surface area contributed by atoms with E-state index >= 15 is 0 Å². The second-order valence-corrected chi connectivity index (χ2v) is 10.1. The summed E-state index contributed by atoms with van der Waals surface area (Å²) in [4.78, 5) is 23.6. The van der Waals surface area contributed by atoms with Gasteiger partial charge in [-0.15, -0.1) is 0 Å². The highest BCUT2D eigenvalue weighted by molar-refractivity contribution is 7.90. The first kappa shape index (κ1) is 28.1. The Bertz CT molecular complexity index is 1740. The van der Waals surface area contributed by atoms with E-state index in [0.717, 1.165) is 10.0 Å². The monoisotopic (exact) mass is 562 g/mol. The molecule has 0 aliphatic carbocycles. The molecule has 0 atom stereocenters. The number of aromatic nitrogens is 1. The molecule has 0 spiro atoms. The van der Waals surface area contributed by atoms with Crippen molar-refractivity contribution in [3.63, 3.8) is 0 Å². The Balaban J connectivity index is 2.01. The van der Waals surface area contributed by atoms with Gasteiger partial charge in [0.2, 0.25) is 0 Å². The number of benzene rings is 3. The molecule has 0 saturated heterocycles. The van der Waals surface area contributed by atoms with Gasteiger partial charge in [0.1, 0.15) is 0 Å². The lowest BCUT2D eigenvalue weighted by Crippen LogP contribution is -2.14. The van der Waals surface area contributed by atoms with E-state index in [-0.39, 0.29) is 39.9 Å². The third-order valence-corrected chi connectivity index (χ3v) is 7.75. The standard InChI is InChI=1S/C29H26N2O8S/c1-4-39-29(32)17-16-25-23(15-14-20-18-27(37-2)28(38-3)19-26(20)31(33)34)22-12-8-9-13-24(22)30(25)40(35,36)21-10-6-5-7-11-21/h5-19H,4H2,1-3H3/b15-14+,17-16+. The van der Waals surface area contributed by atoms with Crippen molar-refractivity contribution in [2.45, 2.75) is 11.8 Å². The van der Waals surface area contributed by atoms with E-state index in [1.54, 1.807) is 55.5 Å². The Morgan fingerprint density at radius 3 is 2.25 bits per heavy atom. The Labute approximate surface area is 230 Å². The van der Waals surface area contributed by atoms with Gasteiger partial charge in [0.15, 0.2) is 11.5 Å². The zero-order chi connectivity index (χ0) is 28.9. The fraction of sp³-hybridized carbons (Fsp3) is 0.138. The van der Waals surface area contributed by atoms with Gasteiger partial charge in [-0.2, -0.15) is 0 Å². The molecular weight excluding hydrogens is 536 g/mol. The molecule has 4 aromatic rings. The minimum absolute atomic E-state index is 0.0487. The fourth-order valence-electron chi connectivity index (χ4n) is 4.23. The molecule has 0 N–H and O–H groups in total. The van der Waals surface area contributed by atoms with Crippen molar-refractivity contribution in [2.24, 2.45) is 0 Å². The van der Waals surface area contributed by atoms with Crippen LogP contribution in [-0.2, 0) is 19.6 Å². The molecule has 40 heavy (non-hydrogen) atoms. The molecule has 0 aliphatic heterocycles. The van der Waals surface area contributed by atoms with Crippen LogP contribution >= 0.6 is 0 Å². The quantitative estimate of drug-likeness (QED) is 0.107. The number of nitro benzene ring substituents is 1. The summed E-state index contributed by atoms with van der Waals surface area (Å²) in [6, 6.07) is 17.4. The molecule has 1 aromatic heterocycles. The van der Waals surface area contributed by atoms with Crippen molar-refractivity contribution in [2.75, 3.05) is 20.8 Å². The van der Waals surface area contributed by atoms with Crippen molar-refractivity contribution >= 4 is 50.8 Å². The van der Waals surface area contributed by atoms with Gasteiger partial charge in [0.25, 0.3) is 15.7 Å². The molecule has 4 rings (SSSR count). The van der Waals surface area contributed by atoms with Crippen LogP contribution in [0.3, 0.4) is 0 Å². The summed E-state index contributed by atoms with van der Waals surface area (Å²) in [6.07, 6.45) is 5.56. The number of para-hydroxylation sites is 1. The molecule has 11 heteroatoms. The van der Waals surface area contributed by atoms with Crippen molar-refractivity contribution < 1.29 is 32.3 Å². The van der Waals surface area contributed by atoms with E-state index in [1.807, 2.05) is 0 Å². The van der Waals surface area contributed by atoms with Crippen LogP contribution in [0.15, 0.2) is 77.7 Å². The van der Waals surface area contributed by atoms with Crippen LogP contribution in [-0.4, -0.2) is 44.1 Å². The molecule has 0 radical (unpaired) electrons. The summed E-state index contributed by atoms with van der Waals surface area (Å²) in [5.41, 5.74) is 0.900. The third-order valence-electron chi connectivity index (χ3n) is 6.01. The van der Waals surface area contributed by atoms with Crippen molar-refractivity contribution in [3.05, 3.63) is 99.7 Å². The molecule has 0 unspecified atom stereocenters. The van der Waals surface area contributed by atoms with E-state index in [2.05, 4.69) is 0 Å². The zero-order valence-corrected chi connectivity index (χ0v) is 22.8. The maximum Gasteiger partial charge on any atom is 0.330 e. The molecule has 0 fully saturated rings. The lowest BCUT2D eigenvalue weighted by atomic mass is 10.1. The van der Waals surface area contributed by atoms with Crippen molar-refractivity contribution in [1.29, 1.82) is 0 Å². The number of esters is 1. The summed E-state index contributed by atoms with van der Waals surface area (Å²) < 4.78 is 44.5. The van der Waals surface area contributed by atoms with Crippen molar-refractivity contribution in [1.82, 2.24) is 3.97 Å². The summed E-state index contributed by atoms with van der Waals surface area (Å²) in [5.74, 6) is -0.180. The van der Waals surface area contributed by atoms with E-state index in [1.165, 1.54) is 50.6 Å². The van der Waals surface area contributed by atoms with Gasteiger partial charge >= 0.3 is 5.97 Å². The van der Waals surface area contributed by atoms with Crippen LogP contribution in [0.25, 0.3) is 29.1 Å². The number of carbonyl (C=O) groups excluding carboxylic acids is 1. The second-order valence-electron chi connectivity index (χ2n) is 8.34. The summed E-state index contributed by atoms with van der Waals surface area (Å²) in [5, 5.41) is 12.4. The average molecular weight is 563 g/mol. The Hall–Kier alpha value is -4.90. The van der Waals surface area contributed by atoms with Crippen LogP contribution in [0.1, 0.15) is 23.7 Å². The maximum absolute atomic E-state index is 13.9. The Morgan fingerprint density at radius 1 is 0.950 bits per heavy atom. The average Bonchev–Trinajstić information content (AvgIpc) is 3.28. The number of carbonyl (C=O) groups is 1. The number of nitro groups is 1. The minimum Gasteiger partial charge on any atom is -0.493 e. The number of rotatable bonds is 10. The first-order valence-corrected chi connectivity index (χ1v) is 13.5. The topological polar surface area (TPSA) is 127 Å². The predicted octanol–water partition coefficient (Wildman–Crippen LogP) is 5.55. The van der Waals surface area contributed by atoms with E-state index < -0.39 is 20.9 Å². The van der Waals surface area contributed by atoms with Gasteiger partial charge in [-0.1, -0.05) is 42.5 Å². The summed E-state index contributed by atoms with van der Waals surface area (Å²) in [6.45, 7) is 1.80. The molecule has 0 amide bonds. The lowest BCUT2D eigenvalue weighted by Gasteiger charge is -2.11. The highest BCUT2D eigenvalue weighted by atomic mass is 32.2. The molecule has 10 nitrogen and oxygen atoms in total. The van der Waals surface area contributed by atoms with Crippen LogP contribution in [0.2, 0.25) is 0 Å². The molecule has 0 saturated carbocycles. The van der Waals surface area contributed by atoms with Crippen LogP contribution < -0.4 is 9.47 Å². The number of fused-ring (bicyclic) bond motifs is 1. The SMILES string of the molecule is CCOC(=O)/C=C/c1c(/C=C/c2cc(OC)c(OC)cc2[N+](=O)[O-])c2ccccc2n1S(=O)(=O)c1ccccc1. The first-order chi connectivity index (χ1) is 19.2. The Morgan fingerprint density at radius 2 is 1.60 bits per heavy atom. The highest BCUT2D eigenvalue weighted by Crippen LogP contribution is 2.37. The third kappa shape index (κ3) is 5.45. The molecule has 0 aliphatic rings. The van der Waals surface area contributed by atoms with Gasteiger partial charge in [-0.25, -0.2) is 17.2 Å². The van der Waals surface area contributed by atoms with E-state index in [0.29, 0.717) is 16.5 Å². The lowest BCUT2D eigenvalue weighted by molar-refractivity contribution is -0.385. The minimum atomic E-state index is -4.13. The molecule has 1 heterocycles. The highest BCUT2D eigenvalue weighted by Gasteiger charge is 2.25. The second kappa shape index (κ2) is 11.9. The van der Waals surface area contributed by atoms with Crippen molar-refractivity contribution in [3.8, 4) is 11.5 Å². The smallest absolute Gasteiger partial charge is 0.330 e. The largest absolute Gasteiger partial charge is 0.493 e. The number of hydrogen-bond acceptors (Lipinski definition) is 8. The molecule has 206 valence electrons. The summed E-state index contributed by atoms with van der Waals surface area (Å²) >= 11 is 0. The molecular formula is C29H26N2O8S. The molecule has 0 bridgehead atoms. The van der Waals surface area contributed by atoms with E-state index in [4.69, 9.17) is 14.2 Å². The number of nitrogens with zero attached hydrogens (tertiary/aromatic N) is 2. The molecule has 3 aromatic carbocycles. The maximum atomic E-state index is 13.9. The number of hydrogen-bond donors (Lipinski definition) is 0. The normalized spacial score (nSPS) is 11.8. The number of methoxy groups -OCH3 is 2. The fourth-order valence-corrected chi connectivity index (χ4v) is 5.78. The number of ether oxygens (including phenoxy) is 3.